The first kappa shape index (κ1) is 15.1. The van der Waals surface area contributed by atoms with Crippen molar-refractivity contribution in [2.45, 2.75) is 0 Å². The quantitative estimate of drug-likeness (QED) is 0.860. The number of rotatable bonds is 2. The molecule has 0 atom stereocenters. The highest BCUT2D eigenvalue weighted by Crippen LogP contribution is 2.36. The van der Waals surface area contributed by atoms with Crippen molar-refractivity contribution >= 4 is 23.4 Å². The van der Waals surface area contributed by atoms with Crippen LogP contribution in [0.3, 0.4) is 0 Å². The maximum Gasteiger partial charge on any atom is 0.259 e. The lowest BCUT2D eigenvalue weighted by molar-refractivity contribution is 0.0973. The number of aromatic hydroxyl groups is 1. The number of fused-ring (bicyclic) bond motifs is 3. The largest absolute Gasteiger partial charge is 0.506 e. The van der Waals surface area contributed by atoms with E-state index >= 15 is 0 Å². The molecule has 1 aromatic heterocycles. The summed E-state index contributed by atoms with van der Waals surface area (Å²) in [4.78, 5) is 27.2. The van der Waals surface area contributed by atoms with E-state index in [1.54, 1.807) is 7.11 Å². The molecule has 2 N–H and O–H groups in total. The van der Waals surface area contributed by atoms with Crippen molar-refractivity contribution in [3.05, 3.63) is 47.8 Å². The molecule has 0 saturated carbocycles. The second-order valence-corrected chi connectivity index (χ2v) is 5.53. The van der Waals surface area contributed by atoms with Crippen LogP contribution in [-0.4, -0.2) is 52.9 Å². The van der Waals surface area contributed by atoms with Gasteiger partial charge in [-0.2, -0.15) is 0 Å². The first-order valence-corrected chi connectivity index (χ1v) is 7.71. The number of hydrogen-bond acceptors (Lipinski definition) is 7. The average Bonchev–Trinajstić information content (AvgIpc) is 3.11. The first-order valence-electron chi connectivity index (χ1n) is 7.71. The van der Waals surface area contributed by atoms with Crippen molar-refractivity contribution in [1.29, 1.82) is 0 Å². The highest BCUT2D eigenvalue weighted by molar-refractivity contribution is 6.19. The van der Waals surface area contributed by atoms with Crippen LogP contribution in [-0.2, 0) is 0 Å². The average molecular weight is 337 g/mol. The molecule has 1 amide bonds. The number of aromatic nitrogens is 1. The van der Waals surface area contributed by atoms with Gasteiger partial charge in [-0.05, 0) is 18.2 Å². The predicted octanol–water partition coefficient (Wildman–Crippen LogP) is 1.29. The van der Waals surface area contributed by atoms with Crippen LogP contribution in [0, 0.1) is 0 Å². The molecule has 2 aliphatic heterocycles. The van der Waals surface area contributed by atoms with E-state index in [1.807, 2.05) is 23.1 Å². The zero-order valence-corrected chi connectivity index (χ0v) is 13.4. The fraction of sp³-hybridized carbons (Fsp3) is 0.176. The van der Waals surface area contributed by atoms with Crippen molar-refractivity contribution in [2.75, 3.05) is 20.2 Å². The third kappa shape index (κ3) is 2.57. The van der Waals surface area contributed by atoms with Crippen molar-refractivity contribution in [3.8, 4) is 11.5 Å². The number of carbonyl (C=O) groups is 1. The zero-order chi connectivity index (χ0) is 17.4. The van der Waals surface area contributed by atoms with Crippen LogP contribution >= 0.6 is 0 Å². The van der Waals surface area contributed by atoms with Gasteiger partial charge in [0.15, 0.2) is 0 Å². The molecule has 126 valence electrons. The Kier molecular flexibility index (Phi) is 3.57. The lowest BCUT2D eigenvalue weighted by atomic mass is 10.1. The van der Waals surface area contributed by atoms with Gasteiger partial charge in [0, 0.05) is 18.3 Å². The van der Waals surface area contributed by atoms with Gasteiger partial charge in [-0.1, -0.05) is 6.07 Å². The Morgan fingerprint density at radius 3 is 3.04 bits per heavy atom. The number of aliphatic imine (C=N–C) groups is 2. The maximum atomic E-state index is 12.5. The third-order valence-corrected chi connectivity index (χ3v) is 3.99. The fourth-order valence-corrected chi connectivity index (χ4v) is 2.85. The smallest absolute Gasteiger partial charge is 0.259 e. The summed E-state index contributed by atoms with van der Waals surface area (Å²) in [5.74, 6) is 1.26. The molecule has 0 unspecified atom stereocenters. The minimum Gasteiger partial charge on any atom is -0.506 e. The van der Waals surface area contributed by atoms with Crippen LogP contribution < -0.4 is 10.1 Å². The summed E-state index contributed by atoms with van der Waals surface area (Å²) in [6, 6.07) is 6.97. The summed E-state index contributed by atoms with van der Waals surface area (Å²) in [7, 11) is 1.57. The Hall–Kier alpha value is -3.42. The molecule has 8 heteroatoms. The Labute approximate surface area is 143 Å². The number of hydrogen-bond donors (Lipinski definition) is 2. The molecule has 0 radical (unpaired) electrons. The number of guanidine groups is 1. The van der Waals surface area contributed by atoms with Gasteiger partial charge in [-0.3, -0.25) is 25.0 Å². The number of amides is 1. The minimum absolute atomic E-state index is 0.0753. The number of para-hydroxylation sites is 1. The van der Waals surface area contributed by atoms with E-state index in [-0.39, 0.29) is 11.3 Å². The molecular formula is C17H15N5O3. The molecular weight excluding hydrogens is 322 g/mol. The number of carbonyl (C=O) groups excluding carboxylic acids is 1. The first-order chi connectivity index (χ1) is 12.2. The summed E-state index contributed by atoms with van der Waals surface area (Å²) in [5.41, 5.74) is 1.74. The van der Waals surface area contributed by atoms with Gasteiger partial charge in [0.25, 0.3) is 5.91 Å². The summed E-state index contributed by atoms with van der Waals surface area (Å²) in [6.45, 7) is 1.25. The van der Waals surface area contributed by atoms with Gasteiger partial charge in [-0.25, -0.2) is 4.99 Å². The Balaban J connectivity index is 1.73. The number of ether oxygens (including phenoxy) is 1. The van der Waals surface area contributed by atoms with Crippen LogP contribution in [0.1, 0.15) is 15.9 Å². The summed E-state index contributed by atoms with van der Waals surface area (Å²) < 4.78 is 5.38. The second-order valence-electron chi connectivity index (χ2n) is 5.53. The number of nitrogens with zero attached hydrogens (tertiary/aromatic N) is 4. The maximum absolute atomic E-state index is 12.5. The van der Waals surface area contributed by atoms with Crippen molar-refractivity contribution in [3.63, 3.8) is 0 Å². The van der Waals surface area contributed by atoms with Crippen molar-refractivity contribution < 1.29 is 14.6 Å². The van der Waals surface area contributed by atoms with E-state index < -0.39 is 5.91 Å². The number of benzene rings is 1. The van der Waals surface area contributed by atoms with Gasteiger partial charge in [0.05, 0.1) is 25.4 Å². The monoisotopic (exact) mass is 337 g/mol. The molecule has 3 heterocycles. The van der Waals surface area contributed by atoms with Gasteiger partial charge >= 0.3 is 0 Å². The third-order valence-electron chi connectivity index (χ3n) is 3.99. The molecule has 4 rings (SSSR count). The lowest BCUT2D eigenvalue weighted by Gasteiger charge is -2.28. The van der Waals surface area contributed by atoms with Crippen LogP contribution in [0.4, 0.5) is 5.69 Å². The van der Waals surface area contributed by atoms with Gasteiger partial charge in [-0.15, -0.1) is 0 Å². The Bertz CT molecular complexity index is 922. The van der Waals surface area contributed by atoms with E-state index in [9.17, 15) is 9.90 Å². The summed E-state index contributed by atoms with van der Waals surface area (Å²) in [6.07, 6.45) is 2.65. The van der Waals surface area contributed by atoms with E-state index in [2.05, 4.69) is 20.3 Å². The van der Waals surface area contributed by atoms with Gasteiger partial charge in [0.2, 0.25) is 5.96 Å². The van der Waals surface area contributed by atoms with E-state index in [0.717, 1.165) is 11.4 Å². The van der Waals surface area contributed by atoms with Crippen LogP contribution in [0.2, 0.25) is 0 Å². The Morgan fingerprint density at radius 2 is 2.24 bits per heavy atom. The van der Waals surface area contributed by atoms with Crippen molar-refractivity contribution in [1.82, 2.24) is 15.2 Å². The summed E-state index contributed by atoms with van der Waals surface area (Å²) in [5, 5.41) is 12.3. The number of pyridine rings is 1. The van der Waals surface area contributed by atoms with Gasteiger partial charge < -0.3 is 9.84 Å². The molecule has 2 aromatic rings. The zero-order valence-electron chi connectivity index (χ0n) is 13.4. The van der Waals surface area contributed by atoms with Crippen LogP contribution in [0.15, 0.2) is 46.6 Å². The molecule has 0 saturated heterocycles. The number of nitrogens with one attached hydrogen (secondary N) is 1. The molecule has 25 heavy (non-hydrogen) atoms. The van der Waals surface area contributed by atoms with Crippen LogP contribution in [0.25, 0.3) is 0 Å². The van der Waals surface area contributed by atoms with E-state index in [0.29, 0.717) is 30.5 Å². The highest BCUT2D eigenvalue weighted by Gasteiger charge is 2.32. The number of methoxy groups -OCH3 is 1. The topological polar surface area (TPSA) is 99.4 Å². The molecule has 8 nitrogen and oxygen atoms in total. The van der Waals surface area contributed by atoms with E-state index in [4.69, 9.17) is 4.74 Å². The molecule has 0 aliphatic carbocycles. The van der Waals surface area contributed by atoms with Crippen molar-refractivity contribution in [2.24, 2.45) is 9.98 Å². The normalized spacial score (nSPS) is 15.0. The molecule has 0 fully saturated rings. The molecule has 1 aromatic carbocycles. The van der Waals surface area contributed by atoms with E-state index in [1.165, 1.54) is 18.5 Å². The molecule has 0 bridgehead atoms. The van der Waals surface area contributed by atoms with Crippen LogP contribution in [0.5, 0.6) is 11.5 Å². The SMILES string of the molecule is COc1cccc2c1N=C(NC(=O)c1cncc(O)c1)N1CCN=C21. The lowest BCUT2D eigenvalue weighted by Crippen LogP contribution is -2.47. The number of amidine groups is 1. The fourth-order valence-electron chi connectivity index (χ4n) is 2.85. The second kappa shape index (κ2) is 5.90. The summed E-state index contributed by atoms with van der Waals surface area (Å²) >= 11 is 0. The minimum atomic E-state index is -0.410. The standard InChI is InChI=1S/C17H15N5O3/c1-25-13-4-2-3-12-14(13)20-17(22-6-5-19-15(12)22)21-16(24)10-7-11(23)9-18-8-10/h2-4,7-9,23H,5-6H2,1H3,(H,20,21,24). The Morgan fingerprint density at radius 1 is 1.36 bits per heavy atom. The highest BCUT2D eigenvalue weighted by atomic mass is 16.5. The predicted molar refractivity (Wildman–Crippen MR) is 91.6 cm³/mol. The van der Waals surface area contributed by atoms with Gasteiger partial charge in [0.1, 0.15) is 23.0 Å². The molecule has 2 aliphatic rings. The molecule has 0 spiro atoms.